The van der Waals surface area contributed by atoms with Crippen molar-refractivity contribution in [1.29, 1.82) is 0 Å². The van der Waals surface area contributed by atoms with E-state index in [-0.39, 0.29) is 28.8 Å². The van der Waals surface area contributed by atoms with Crippen LogP contribution in [0.1, 0.15) is 18.4 Å². The third kappa shape index (κ3) is 3.27. The number of aromatic nitrogens is 2. The third-order valence-corrected chi connectivity index (χ3v) is 4.69. The van der Waals surface area contributed by atoms with Crippen LogP contribution in [0.15, 0.2) is 43.1 Å². The number of benzene rings is 1. The molecule has 0 aliphatic heterocycles. The Morgan fingerprint density at radius 2 is 1.92 bits per heavy atom. The second-order valence-corrected chi connectivity index (χ2v) is 6.76. The lowest BCUT2D eigenvalue weighted by atomic mass is 10.2. The molecule has 12 heteroatoms. The molecule has 0 aliphatic rings. The van der Waals surface area contributed by atoms with Crippen LogP contribution in [-0.2, 0) is 22.6 Å². The van der Waals surface area contributed by atoms with Gasteiger partial charge < -0.3 is 4.42 Å². The van der Waals surface area contributed by atoms with Gasteiger partial charge in [0.25, 0.3) is 10.0 Å². The van der Waals surface area contributed by atoms with Gasteiger partial charge in [0.1, 0.15) is 11.3 Å². The predicted molar refractivity (Wildman–Crippen MR) is 82.0 cm³/mol. The van der Waals surface area contributed by atoms with Gasteiger partial charge in [0.15, 0.2) is 5.43 Å². The molecule has 0 atom stereocenters. The second-order valence-electron chi connectivity index (χ2n) is 5.16. The Morgan fingerprint density at radius 3 is 2.58 bits per heavy atom. The van der Waals surface area contributed by atoms with E-state index < -0.39 is 32.4 Å². The van der Waals surface area contributed by atoms with Gasteiger partial charge in [-0.1, -0.05) is 12.1 Å². The van der Waals surface area contributed by atoms with Crippen LogP contribution in [-0.4, -0.2) is 18.7 Å². The molecular formula is C14H10F3N3O5S. The lowest BCUT2D eigenvalue weighted by molar-refractivity contribution is -0.152. The van der Waals surface area contributed by atoms with E-state index in [0.29, 0.717) is 6.07 Å². The van der Waals surface area contributed by atoms with E-state index in [1.165, 1.54) is 0 Å². The first-order valence-electron chi connectivity index (χ1n) is 7.11. The fraction of sp³-hybridized carbons (Fsp3) is 0.214. The average molecular weight is 389 g/mol. The number of fused-ring (bicyclic) bond motifs is 1. The summed E-state index contributed by atoms with van der Waals surface area (Å²) in [5.41, 5.74) is -1.25. The molecule has 138 valence electrons. The van der Waals surface area contributed by atoms with Gasteiger partial charge in [0.05, 0.1) is 5.39 Å². The Hall–Kier alpha value is -2.89. The Labute approximate surface area is 143 Å². The van der Waals surface area contributed by atoms with Gasteiger partial charge in [-0.2, -0.15) is 21.6 Å². The molecule has 2 heterocycles. The fourth-order valence-corrected chi connectivity index (χ4v) is 3.34. The van der Waals surface area contributed by atoms with Crippen LogP contribution in [0.4, 0.5) is 18.9 Å². The first-order chi connectivity index (χ1) is 12.1. The normalized spacial score (nSPS) is 12.5. The van der Waals surface area contributed by atoms with Crippen LogP contribution in [0.25, 0.3) is 11.0 Å². The summed E-state index contributed by atoms with van der Waals surface area (Å²) in [5, 5.41) is 6.16. The van der Waals surface area contributed by atoms with E-state index in [2.05, 4.69) is 24.1 Å². The highest BCUT2D eigenvalue weighted by Gasteiger charge is 2.35. The summed E-state index contributed by atoms with van der Waals surface area (Å²) in [6, 6.07) is 3.59. The lowest BCUT2D eigenvalue weighted by Gasteiger charge is -2.09. The van der Waals surface area contributed by atoms with Gasteiger partial charge in [0, 0.05) is 11.8 Å². The number of anilines is 1. The van der Waals surface area contributed by atoms with E-state index >= 15 is 0 Å². The first-order valence-corrected chi connectivity index (χ1v) is 8.59. The number of rotatable bonds is 4. The maximum absolute atomic E-state index is 12.7. The number of hydrogen-bond acceptors (Lipinski definition) is 7. The average Bonchev–Trinajstić information content (AvgIpc) is 3.03. The monoisotopic (exact) mass is 389 g/mol. The molecule has 3 aromatic rings. The van der Waals surface area contributed by atoms with Gasteiger partial charge in [-0.15, -0.1) is 0 Å². The van der Waals surface area contributed by atoms with Crippen LogP contribution in [0.3, 0.4) is 0 Å². The number of halogens is 3. The summed E-state index contributed by atoms with van der Waals surface area (Å²) in [5.74, 6) is -1.44. The molecule has 0 fully saturated rings. The summed E-state index contributed by atoms with van der Waals surface area (Å²) in [6.45, 7) is 1.65. The number of hydrogen-bond donors (Lipinski definition) is 1. The SMILES string of the molecule is CCc1nonc1S(=O)(=O)Nc1ccc2oc(C(F)(F)F)cc(=O)c2c1. The van der Waals surface area contributed by atoms with Crippen molar-refractivity contribution in [1.82, 2.24) is 10.3 Å². The Balaban J connectivity index is 2.02. The summed E-state index contributed by atoms with van der Waals surface area (Å²) in [6.07, 6.45) is -4.56. The summed E-state index contributed by atoms with van der Waals surface area (Å²) < 4.78 is 73.9. The predicted octanol–water partition coefficient (Wildman–Crippen LogP) is 2.56. The molecule has 1 N–H and O–H groups in total. The Kier molecular flexibility index (Phi) is 4.22. The molecule has 0 spiro atoms. The molecule has 2 aromatic heterocycles. The maximum Gasteiger partial charge on any atom is 0.449 e. The van der Waals surface area contributed by atoms with Crippen molar-refractivity contribution in [3.63, 3.8) is 0 Å². The zero-order chi connectivity index (χ0) is 19.1. The number of aryl methyl sites for hydroxylation is 1. The highest BCUT2D eigenvalue weighted by Crippen LogP contribution is 2.30. The van der Waals surface area contributed by atoms with Crippen molar-refractivity contribution in [3.05, 3.63) is 45.9 Å². The number of sulfonamides is 1. The van der Waals surface area contributed by atoms with Gasteiger partial charge in [-0.3, -0.25) is 9.52 Å². The zero-order valence-electron chi connectivity index (χ0n) is 13.0. The van der Waals surface area contributed by atoms with Crippen molar-refractivity contribution < 1.29 is 30.6 Å². The smallest absolute Gasteiger partial charge is 0.449 e. The molecule has 8 nitrogen and oxygen atoms in total. The minimum atomic E-state index is -4.82. The zero-order valence-corrected chi connectivity index (χ0v) is 13.8. The molecule has 0 bridgehead atoms. The molecular weight excluding hydrogens is 379 g/mol. The number of alkyl halides is 3. The molecule has 3 rings (SSSR count). The maximum atomic E-state index is 12.7. The van der Waals surface area contributed by atoms with Crippen molar-refractivity contribution in [2.45, 2.75) is 24.5 Å². The van der Waals surface area contributed by atoms with Gasteiger partial charge in [-0.25, -0.2) is 4.63 Å². The van der Waals surface area contributed by atoms with E-state index in [1.807, 2.05) is 0 Å². The quantitative estimate of drug-likeness (QED) is 0.729. The fourth-order valence-electron chi connectivity index (χ4n) is 2.18. The van der Waals surface area contributed by atoms with E-state index in [9.17, 15) is 26.4 Å². The minimum Gasteiger partial charge on any atom is -0.451 e. The summed E-state index contributed by atoms with van der Waals surface area (Å²) >= 11 is 0. The molecule has 0 saturated carbocycles. The molecule has 26 heavy (non-hydrogen) atoms. The molecule has 1 aromatic carbocycles. The van der Waals surface area contributed by atoms with Crippen LogP contribution in [0, 0.1) is 0 Å². The van der Waals surface area contributed by atoms with Crippen molar-refractivity contribution in [3.8, 4) is 0 Å². The van der Waals surface area contributed by atoms with Gasteiger partial charge >= 0.3 is 6.18 Å². The van der Waals surface area contributed by atoms with Crippen molar-refractivity contribution in [2.24, 2.45) is 0 Å². The largest absolute Gasteiger partial charge is 0.451 e. The molecule has 0 aliphatic carbocycles. The molecule has 0 unspecified atom stereocenters. The molecule has 0 amide bonds. The van der Waals surface area contributed by atoms with Crippen molar-refractivity contribution in [2.75, 3.05) is 4.72 Å². The van der Waals surface area contributed by atoms with Crippen LogP contribution in [0.5, 0.6) is 0 Å². The van der Waals surface area contributed by atoms with E-state index in [1.54, 1.807) is 6.92 Å². The summed E-state index contributed by atoms with van der Waals surface area (Å²) in [4.78, 5) is 11.9. The highest BCUT2D eigenvalue weighted by atomic mass is 32.2. The van der Waals surface area contributed by atoms with Crippen LogP contribution < -0.4 is 10.2 Å². The van der Waals surface area contributed by atoms with Gasteiger partial charge in [0.2, 0.25) is 10.8 Å². The van der Waals surface area contributed by atoms with Crippen LogP contribution in [0.2, 0.25) is 0 Å². The minimum absolute atomic E-state index is 0.0605. The Bertz CT molecular complexity index is 1130. The number of nitrogens with one attached hydrogen (secondary N) is 1. The first kappa shape index (κ1) is 17.9. The highest BCUT2D eigenvalue weighted by molar-refractivity contribution is 7.92. The standard InChI is InChI=1S/C14H10F3N3O5S/c1-2-9-13(19-25-18-9)26(22,23)20-7-3-4-11-8(5-7)10(21)6-12(24-11)14(15,16)17/h3-6,20H,2H2,1H3. The Morgan fingerprint density at radius 1 is 1.19 bits per heavy atom. The van der Waals surface area contributed by atoms with Gasteiger partial charge in [-0.05, 0) is 29.8 Å². The lowest BCUT2D eigenvalue weighted by Crippen LogP contribution is -2.16. The van der Waals surface area contributed by atoms with Crippen LogP contribution >= 0.6 is 0 Å². The second kappa shape index (κ2) is 6.12. The van der Waals surface area contributed by atoms with E-state index in [0.717, 1.165) is 18.2 Å². The number of nitrogens with zero attached hydrogens (tertiary/aromatic N) is 2. The van der Waals surface area contributed by atoms with E-state index in [4.69, 9.17) is 0 Å². The third-order valence-electron chi connectivity index (χ3n) is 3.37. The molecule has 0 saturated heterocycles. The topological polar surface area (TPSA) is 115 Å². The molecule has 0 radical (unpaired) electrons. The van der Waals surface area contributed by atoms with Crippen molar-refractivity contribution >= 4 is 26.7 Å². The summed E-state index contributed by atoms with van der Waals surface area (Å²) in [7, 11) is -4.16.